The number of benzene rings is 1. The highest BCUT2D eigenvalue weighted by Crippen LogP contribution is 2.36. The first-order valence-corrected chi connectivity index (χ1v) is 9.97. The molecule has 1 aliphatic rings. The highest BCUT2D eigenvalue weighted by molar-refractivity contribution is 6.11. The van der Waals surface area contributed by atoms with Gasteiger partial charge >= 0.3 is 0 Å². The van der Waals surface area contributed by atoms with E-state index in [0.29, 0.717) is 45.0 Å². The van der Waals surface area contributed by atoms with Gasteiger partial charge in [-0.15, -0.1) is 0 Å². The summed E-state index contributed by atoms with van der Waals surface area (Å²) >= 11 is 0. The van der Waals surface area contributed by atoms with Gasteiger partial charge in [-0.2, -0.15) is 10.4 Å². The molecule has 0 fully saturated rings. The normalized spacial score (nSPS) is 16.8. The molecule has 9 heteroatoms. The molecule has 1 aliphatic heterocycles. The fraction of sp³-hybridized carbons (Fsp3) is 0.217. The number of anilines is 1. The van der Waals surface area contributed by atoms with Gasteiger partial charge in [0.15, 0.2) is 11.6 Å². The van der Waals surface area contributed by atoms with Crippen LogP contribution >= 0.6 is 0 Å². The molecule has 4 N–H and O–H groups in total. The van der Waals surface area contributed by atoms with E-state index in [4.69, 9.17) is 15.9 Å². The Bertz CT molecular complexity index is 1300. The summed E-state index contributed by atoms with van der Waals surface area (Å²) in [5, 5.41) is 26.2. The van der Waals surface area contributed by atoms with E-state index in [9.17, 15) is 9.65 Å². The second kappa shape index (κ2) is 8.15. The Labute approximate surface area is 184 Å². The van der Waals surface area contributed by atoms with Crippen LogP contribution in [0.2, 0.25) is 0 Å². The lowest BCUT2D eigenvalue weighted by molar-refractivity contribution is 0.227. The molecule has 4 rings (SSSR count). The van der Waals surface area contributed by atoms with Gasteiger partial charge in [-0.05, 0) is 36.8 Å². The van der Waals surface area contributed by atoms with E-state index in [1.165, 1.54) is 16.8 Å². The van der Waals surface area contributed by atoms with E-state index in [1.807, 2.05) is 0 Å². The van der Waals surface area contributed by atoms with Crippen molar-refractivity contribution in [3.8, 4) is 22.9 Å². The fourth-order valence-corrected chi connectivity index (χ4v) is 3.91. The number of hydrogen-bond acceptors (Lipinski definition) is 7. The number of halogens is 1. The maximum Gasteiger partial charge on any atom is 0.166 e. The second-order valence-electron chi connectivity index (χ2n) is 7.51. The van der Waals surface area contributed by atoms with Crippen LogP contribution in [-0.4, -0.2) is 27.5 Å². The van der Waals surface area contributed by atoms with Crippen molar-refractivity contribution in [1.82, 2.24) is 20.1 Å². The van der Waals surface area contributed by atoms with Crippen LogP contribution in [0.3, 0.4) is 0 Å². The SMILES string of the molecule is CN/C=C1/Cc2nn(C)c(C#N)c2-c2cnc(N)c(c2)O[C@H](C)c2cc(F)ccc2C1=N. The predicted octanol–water partition coefficient (Wildman–Crippen LogP) is 3.24. The number of aryl methyl sites for hydroxylation is 1. The van der Waals surface area contributed by atoms with Crippen LogP contribution in [0.5, 0.6) is 5.75 Å². The van der Waals surface area contributed by atoms with E-state index in [2.05, 4.69) is 21.5 Å². The molecule has 0 aliphatic carbocycles. The molecule has 3 aromatic rings. The molecule has 3 heterocycles. The average molecular weight is 431 g/mol. The number of nitrogen functional groups attached to an aromatic ring is 1. The smallest absolute Gasteiger partial charge is 0.166 e. The molecule has 0 amide bonds. The van der Waals surface area contributed by atoms with Crippen LogP contribution in [0, 0.1) is 22.6 Å². The number of hydrogen-bond donors (Lipinski definition) is 3. The van der Waals surface area contributed by atoms with Crippen molar-refractivity contribution in [3.63, 3.8) is 0 Å². The number of nitrogens with one attached hydrogen (secondary N) is 2. The third-order valence-electron chi connectivity index (χ3n) is 5.42. The zero-order valence-corrected chi connectivity index (χ0v) is 17.9. The van der Waals surface area contributed by atoms with E-state index in [0.717, 1.165) is 0 Å². The van der Waals surface area contributed by atoms with E-state index < -0.39 is 11.9 Å². The van der Waals surface area contributed by atoms with Crippen LogP contribution in [0.1, 0.15) is 35.5 Å². The summed E-state index contributed by atoms with van der Waals surface area (Å²) in [6.45, 7) is 1.76. The maximum atomic E-state index is 14.1. The van der Waals surface area contributed by atoms with Crippen molar-refractivity contribution in [2.75, 3.05) is 12.8 Å². The Morgan fingerprint density at radius 1 is 1.41 bits per heavy atom. The number of pyridine rings is 1. The molecule has 0 spiro atoms. The Kier molecular flexibility index (Phi) is 5.36. The van der Waals surface area contributed by atoms with Crippen LogP contribution in [0.15, 0.2) is 42.2 Å². The summed E-state index contributed by atoms with van der Waals surface area (Å²) in [5.74, 6) is 0.0520. The Morgan fingerprint density at radius 2 is 2.19 bits per heavy atom. The number of allylic oxidation sites excluding steroid dienone is 1. The molecule has 162 valence electrons. The zero-order valence-electron chi connectivity index (χ0n) is 17.9. The molecule has 2 aromatic heterocycles. The van der Waals surface area contributed by atoms with Gasteiger partial charge in [0.2, 0.25) is 0 Å². The minimum Gasteiger partial charge on any atom is -0.482 e. The van der Waals surface area contributed by atoms with Gasteiger partial charge in [-0.3, -0.25) is 10.1 Å². The summed E-state index contributed by atoms with van der Waals surface area (Å²) in [6, 6.07) is 8.17. The number of nitrogens with zero attached hydrogens (tertiary/aromatic N) is 4. The Morgan fingerprint density at radius 3 is 2.91 bits per heavy atom. The molecule has 0 saturated heterocycles. The highest BCUT2D eigenvalue weighted by atomic mass is 19.1. The highest BCUT2D eigenvalue weighted by Gasteiger charge is 2.25. The molecule has 32 heavy (non-hydrogen) atoms. The molecule has 2 bridgehead atoms. The second-order valence-corrected chi connectivity index (χ2v) is 7.51. The Balaban J connectivity index is 2.03. The number of ether oxygens (including phenoxy) is 1. The summed E-state index contributed by atoms with van der Waals surface area (Å²) in [5.41, 5.74) is 10.1. The van der Waals surface area contributed by atoms with E-state index in [1.54, 1.807) is 45.5 Å². The molecule has 0 radical (unpaired) electrons. The minimum absolute atomic E-state index is 0.172. The number of aromatic nitrogens is 3. The third kappa shape index (κ3) is 3.56. The summed E-state index contributed by atoms with van der Waals surface area (Å²) < 4.78 is 21.7. The van der Waals surface area contributed by atoms with Crippen molar-refractivity contribution in [2.45, 2.75) is 19.4 Å². The molecule has 1 atom stereocenters. The standard InChI is InChI=1S/C23H22FN7O/c1-12-17-8-15(24)4-5-16(17)22(26)14(10-28-2)6-18-21(19(9-25)31(3)30-18)13-7-20(32-12)23(27)29-11-13/h4-5,7-8,10-12,26,28H,6H2,1-3H3,(H2,27,29)/b14-10-,26-22?/t12-/m1/s1. The van der Waals surface area contributed by atoms with Crippen molar-refractivity contribution >= 4 is 11.5 Å². The van der Waals surface area contributed by atoms with Crippen LogP contribution < -0.4 is 15.8 Å². The lowest BCUT2D eigenvalue weighted by Gasteiger charge is -2.22. The average Bonchev–Trinajstić information content (AvgIpc) is 3.08. The van der Waals surface area contributed by atoms with Crippen LogP contribution in [-0.2, 0) is 13.5 Å². The molecule has 8 nitrogen and oxygen atoms in total. The van der Waals surface area contributed by atoms with Crippen LogP contribution in [0.4, 0.5) is 10.2 Å². The molecule has 1 aromatic carbocycles. The quantitative estimate of drug-likeness (QED) is 0.543. The number of nitriles is 1. The Hall–Kier alpha value is -4.19. The third-order valence-corrected chi connectivity index (χ3v) is 5.42. The lowest BCUT2D eigenvalue weighted by Crippen LogP contribution is -2.17. The van der Waals surface area contributed by atoms with Gasteiger partial charge in [0.1, 0.15) is 23.7 Å². The molecular formula is C23H22FN7O. The first kappa shape index (κ1) is 21.1. The molecular weight excluding hydrogens is 409 g/mol. The number of rotatable bonds is 1. The molecule has 0 saturated carbocycles. The first-order valence-electron chi connectivity index (χ1n) is 9.97. The first-order chi connectivity index (χ1) is 15.3. The summed E-state index contributed by atoms with van der Waals surface area (Å²) in [6.07, 6.45) is 2.94. The zero-order chi connectivity index (χ0) is 23.0. The van der Waals surface area contributed by atoms with Crippen molar-refractivity contribution in [1.29, 1.82) is 10.7 Å². The topological polar surface area (TPSA) is 126 Å². The van der Waals surface area contributed by atoms with Crippen molar-refractivity contribution in [2.24, 2.45) is 7.05 Å². The predicted molar refractivity (Wildman–Crippen MR) is 119 cm³/mol. The van der Waals surface area contributed by atoms with Gasteiger partial charge in [0.25, 0.3) is 0 Å². The van der Waals surface area contributed by atoms with Gasteiger partial charge < -0.3 is 15.8 Å². The number of nitrogens with two attached hydrogens (primary N) is 1. The van der Waals surface area contributed by atoms with Gasteiger partial charge in [-0.1, -0.05) is 0 Å². The van der Waals surface area contributed by atoms with Gasteiger partial charge in [0, 0.05) is 55.2 Å². The van der Waals surface area contributed by atoms with Gasteiger partial charge in [0.05, 0.1) is 11.4 Å². The number of fused-ring (bicyclic) bond motifs is 5. The largest absolute Gasteiger partial charge is 0.482 e. The van der Waals surface area contributed by atoms with E-state index >= 15 is 0 Å². The van der Waals surface area contributed by atoms with Crippen molar-refractivity contribution < 1.29 is 9.13 Å². The van der Waals surface area contributed by atoms with Crippen LogP contribution in [0.25, 0.3) is 11.1 Å². The lowest BCUT2D eigenvalue weighted by atomic mass is 9.91. The maximum absolute atomic E-state index is 14.1. The molecule has 0 unspecified atom stereocenters. The van der Waals surface area contributed by atoms with Gasteiger partial charge in [-0.25, -0.2) is 9.37 Å². The van der Waals surface area contributed by atoms with E-state index in [-0.39, 0.29) is 18.0 Å². The summed E-state index contributed by atoms with van der Waals surface area (Å²) in [7, 11) is 3.43. The fourth-order valence-electron chi connectivity index (χ4n) is 3.91. The van der Waals surface area contributed by atoms with Crippen molar-refractivity contribution in [3.05, 3.63) is 70.6 Å². The monoisotopic (exact) mass is 431 g/mol. The minimum atomic E-state index is -0.612. The summed E-state index contributed by atoms with van der Waals surface area (Å²) in [4.78, 5) is 4.25.